The lowest BCUT2D eigenvalue weighted by Gasteiger charge is -2.38. The summed E-state index contributed by atoms with van der Waals surface area (Å²) in [5, 5.41) is 2.12. The third kappa shape index (κ3) is 2.10. The first-order valence-electron chi connectivity index (χ1n) is 9.34. The second kappa shape index (κ2) is 5.84. The van der Waals surface area contributed by atoms with Gasteiger partial charge in [0.1, 0.15) is 5.75 Å². The molecular weight excluding hydrogens is 374 g/mol. The summed E-state index contributed by atoms with van der Waals surface area (Å²) < 4.78 is 34.3. The van der Waals surface area contributed by atoms with Crippen molar-refractivity contribution < 1.29 is 28.4 Å². The molecule has 148 valence electrons. The van der Waals surface area contributed by atoms with Gasteiger partial charge in [-0.25, -0.2) is 0 Å². The molecule has 7 nitrogen and oxygen atoms in total. The molecule has 3 aromatic rings. The summed E-state index contributed by atoms with van der Waals surface area (Å²) >= 11 is 0. The first-order valence-corrected chi connectivity index (χ1v) is 9.34. The van der Waals surface area contributed by atoms with E-state index < -0.39 is 0 Å². The van der Waals surface area contributed by atoms with Crippen LogP contribution in [0.2, 0.25) is 0 Å². The Hall–Kier alpha value is -3.32. The van der Waals surface area contributed by atoms with E-state index >= 15 is 0 Å². The third-order valence-corrected chi connectivity index (χ3v) is 5.81. The molecule has 0 aliphatic carbocycles. The fraction of sp³-hybridized carbons (Fsp3) is 0.273. The fourth-order valence-corrected chi connectivity index (χ4v) is 4.58. The number of hydrogen-bond donors (Lipinski definition) is 0. The van der Waals surface area contributed by atoms with Crippen LogP contribution >= 0.6 is 0 Å². The highest BCUT2D eigenvalue weighted by molar-refractivity contribution is 6.06. The minimum Gasteiger partial charge on any atom is -0.496 e. The predicted octanol–water partition coefficient (Wildman–Crippen LogP) is 4.07. The average molecular weight is 393 g/mol. The molecule has 0 saturated carbocycles. The number of methoxy groups -OCH3 is 2. The van der Waals surface area contributed by atoms with Crippen molar-refractivity contribution in [2.24, 2.45) is 0 Å². The van der Waals surface area contributed by atoms with Crippen molar-refractivity contribution >= 4 is 16.5 Å². The van der Waals surface area contributed by atoms with Gasteiger partial charge in [-0.05, 0) is 17.5 Å². The molecule has 3 aromatic carbocycles. The van der Waals surface area contributed by atoms with Gasteiger partial charge in [0.15, 0.2) is 29.2 Å². The van der Waals surface area contributed by atoms with Gasteiger partial charge in [-0.15, -0.1) is 0 Å². The SMILES string of the molecule is COc1cc2c(c3c1-c1ccc4cc5c(cc4c1N(C)C3OC)OCO5)OCO2. The van der Waals surface area contributed by atoms with E-state index in [1.165, 1.54) is 0 Å². The van der Waals surface area contributed by atoms with E-state index in [4.69, 9.17) is 28.4 Å². The number of ether oxygens (including phenoxy) is 6. The Morgan fingerprint density at radius 3 is 2.48 bits per heavy atom. The van der Waals surface area contributed by atoms with Crippen LogP contribution in [0.5, 0.6) is 28.7 Å². The molecule has 0 aromatic heterocycles. The minimum atomic E-state index is -0.362. The summed E-state index contributed by atoms with van der Waals surface area (Å²) in [5.74, 6) is 3.61. The van der Waals surface area contributed by atoms with E-state index in [1.807, 2.05) is 25.2 Å². The molecule has 29 heavy (non-hydrogen) atoms. The second-order valence-electron chi connectivity index (χ2n) is 7.19. The highest BCUT2D eigenvalue weighted by Crippen LogP contribution is 2.57. The van der Waals surface area contributed by atoms with Gasteiger partial charge < -0.3 is 33.3 Å². The van der Waals surface area contributed by atoms with E-state index in [0.717, 1.165) is 50.4 Å². The lowest BCUT2D eigenvalue weighted by Crippen LogP contribution is -2.30. The van der Waals surface area contributed by atoms with Crippen molar-refractivity contribution in [1.29, 1.82) is 0 Å². The summed E-state index contributed by atoms with van der Waals surface area (Å²) in [5.41, 5.74) is 3.94. The summed E-state index contributed by atoms with van der Waals surface area (Å²) in [6.45, 7) is 0.424. The van der Waals surface area contributed by atoms with Crippen LogP contribution in [0.25, 0.3) is 21.9 Å². The van der Waals surface area contributed by atoms with Gasteiger partial charge in [-0.1, -0.05) is 12.1 Å². The van der Waals surface area contributed by atoms with E-state index in [-0.39, 0.29) is 19.8 Å². The zero-order valence-electron chi connectivity index (χ0n) is 16.3. The Balaban J connectivity index is 1.72. The molecule has 3 aliphatic heterocycles. The van der Waals surface area contributed by atoms with Crippen LogP contribution in [0.15, 0.2) is 30.3 Å². The first kappa shape index (κ1) is 16.6. The van der Waals surface area contributed by atoms with Gasteiger partial charge >= 0.3 is 0 Å². The van der Waals surface area contributed by atoms with Gasteiger partial charge in [0.25, 0.3) is 0 Å². The number of fused-ring (bicyclic) bond motifs is 8. The monoisotopic (exact) mass is 393 g/mol. The van der Waals surface area contributed by atoms with Gasteiger partial charge in [-0.2, -0.15) is 0 Å². The van der Waals surface area contributed by atoms with Gasteiger partial charge in [0, 0.05) is 36.7 Å². The Bertz CT molecular complexity index is 1170. The van der Waals surface area contributed by atoms with Crippen molar-refractivity contribution in [2.75, 3.05) is 39.8 Å². The Morgan fingerprint density at radius 1 is 0.931 bits per heavy atom. The van der Waals surface area contributed by atoms with Crippen molar-refractivity contribution in [3.05, 3.63) is 35.9 Å². The molecule has 0 amide bonds. The molecule has 0 N–H and O–H groups in total. The molecule has 0 radical (unpaired) electrons. The fourth-order valence-electron chi connectivity index (χ4n) is 4.58. The first-order chi connectivity index (χ1) is 14.2. The summed E-state index contributed by atoms with van der Waals surface area (Å²) in [6, 6.07) is 10.1. The standard InChI is InChI=1S/C22H19NO6/c1-23-20-12(5-4-11-6-14-15(7-13(11)20)27-9-26-14)18-16(24-2)8-17-21(29-10-28-17)19(18)22(23)25-3/h4-8,22H,9-10H2,1-3H3. The summed E-state index contributed by atoms with van der Waals surface area (Å²) in [7, 11) is 5.37. The Labute approximate surface area is 167 Å². The van der Waals surface area contributed by atoms with Crippen LogP contribution in [-0.2, 0) is 4.74 Å². The van der Waals surface area contributed by atoms with Crippen molar-refractivity contribution in [3.8, 4) is 39.9 Å². The zero-order valence-corrected chi connectivity index (χ0v) is 16.3. The highest BCUT2D eigenvalue weighted by atomic mass is 16.7. The average Bonchev–Trinajstić information content (AvgIpc) is 3.39. The maximum absolute atomic E-state index is 5.93. The molecule has 3 aliphatic rings. The van der Waals surface area contributed by atoms with Crippen molar-refractivity contribution in [1.82, 2.24) is 0 Å². The van der Waals surface area contributed by atoms with E-state index in [9.17, 15) is 0 Å². The van der Waals surface area contributed by atoms with Crippen molar-refractivity contribution in [3.63, 3.8) is 0 Å². The van der Waals surface area contributed by atoms with Crippen LogP contribution in [0.4, 0.5) is 5.69 Å². The largest absolute Gasteiger partial charge is 0.496 e. The normalized spacial score (nSPS) is 18.0. The van der Waals surface area contributed by atoms with Crippen LogP contribution in [-0.4, -0.2) is 34.9 Å². The number of anilines is 1. The Kier molecular flexibility index (Phi) is 3.35. The molecular formula is C22H19NO6. The zero-order chi connectivity index (χ0) is 19.7. The number of hydrogen-bond acceptors (Lipinski definition) is 7. The Morgan fingerprint density at radius 2 is 1.69 bits per heavy atom. The van der Waals surface area contributed by atoms with Gasteiger partial charge in [-0.3, -0.25) is 0 Å². The molecule has 1 atom stereocenters. The minimum absolute atomic E-state index is 0.184. The van der Waals surface area contributed by atoms with Crippen LogP contribution in [0.1, 0.15) is 11.8 Å². The van der Waals surface area contributed by atoms with E-state index in [2.05, 4.69) is 17.0 Å². The quantitative estimate of drug-likeness (QED) is 0.651. The van der Waals surface area contributed by atoms with Gasteiger partial charge in [0.2, 0.25) is 13.6 Å². The smallest absolute Gasteiger partial charge is 0.231 e. The maximum atomic E-state index is 5.93. The molecule has 7 heteroatoms. The lowest BCUT2D eigenvalue weighted by atomic mass is 9.88. The molecule has 0 fully saturated rings. The van der Waals surface area contributed by atoms with Gasteiger partial charge in [0.05, 0.1) is 18.4 Å². The third-order valence-electron chi connectivity index (χ3n) is 5.81. The summed E-state index contributed by atoms with van der Waals surface area (Å²) in [6.07, 6.45) is -0.362. The van der Waals surface area contributed by atoms with Crippen molar-refractivity contribution in [2.45, 2.75) is 6.23 Å². The highest BCUT2D eigenvalue weighted by Gasteiger charge is 2.38. The molecule has 1 unspecified atom stereocenters. The lowest BCUT2D eigenvalue weighted by molar-refractivity contribution is 0.0992. The molecule has 0 saturated heterocycles. The number of nitrogens with zero attached hydrogens (tertiary/aromatic N) is 1. The second-order valence-corrected chi connectivity index (χ2v) is 7.19. The molecule has 0 spiro atoms. The number of benzene rings is 3. The maximum Gasteiger partial charge on any atom is 0.231 e. The number of rotatable bonds is 2. The molecule has 0 bridgehead atoms. The molecule has 3 heterocycles. The topological polar surface area (TPSA) is 58.6 Å². The predicted molar refractivity (Wildman–Crippen MR) is 106 cm³/mol. The van der Waals surface area contributed by atoms with Crippen LogP contribution < -0.4 is 28.6 Å². The molecule has 6 rings (SSSR count). The van der Waals surface area contributed by atoms with Crippen LogP contribution in [0.3, 0.4) is 0 Å². The van der Waals surface area contributed by atoms with Crippen LogP contribution in [0, 0.1) is 0 Å². The van der Waals surface area contributed by atoms with E-state index in [1.54, 1.807) is 14.2 Å². The summed E-state index contributed by atoms with van der Waals surface area (Å²) in [4.78, 5) is 2.11. The van der Waals surface area contributed by atoms with E-state index in [0.29, 0.717) is 11.5 Å².